The molecular formula is C24H29N9O2S. The summed E-state index contributed by atoms with van der Waals surface area (Å²) in [6, 6.07) is 5.54. The van der Waals surface area contributed by atoms with E-state index in [9.17, 15) is 4.79 Å². The molecule has 4 heterocycles. The lowest BCUT2D eigenvalue weighted by Gasteiger charge is -2.32. The molecule has 1 unspecified atom stereocenters. The van der Waals surface area contributed by atoms with Gasteiger partial charge in [-0.2, -0.15) is 20.1 Å². The van der Waals surface area contributed by atoms with Crippen molar-refractivity contribution < 1.29 is 9.21 Å². The van der Waals surface area contributed by atoms with E-state index >= 15 is 0 Å². The van der Waals surface area contributed by atoms with Gasteiger partial charge in [0, 0.05) is 49.6 Å². The van der Waals surface area contributed by atoms with Crippen molar-refractivity contribution in [2.45, 2.75) is 23.8 Å². The zero-order valence-corrected chi connectivity index (χ0v) is 21.1. The number of rotatable bonds is 8. The highest BCUT2D eigenvalue weighted by molar-refractivity contribution is 7.99. The molecule has 1 fully saturated rings. The van der Waals surface area contributed by atoms with Gasteiger partial charge in [-0.25, -0.2) is 0 Å². The number of piperazine rings is 1. The third-order valence-corrected chi connectivity index (χ3v) is 6.96. The van der Waals surface area contributed by atoms with Gasteiger partial charge in [0.05, 0.1) is 6.26 Å². The molecule has 0 spiro atoms. The van der Waals surface area contributed by atoms with Gasteiger partial charge in [0.25, 0.3) is 5.91 Å². The fourth-order valence-electron chi connectivity index (χ4n) is 3.92. The Morgan fingerprint density at radius 2 is 2.11 bits per heavy atom. The van der Waals surface area contributed by atoms with Gasteiger partial charge in [0.2, 0.25) is 11.9 Å². The van der Waals surface area contributed by atoms with Crippen LogP contribution < -0.4 is 15.5 Å². The Labute approximate surface area is 213 Å². The SMILES string of the molecule is CCNC(=O)C1=CCC(Sc2nc(Nc3cc(-c4ccco4)[nH]n3)nc(N3CCN(C)CC3)n2)C=C1. The summed E-state index contributed by atoms with van der Waals surface area (Å²) in [6.07, 6.45) is 8.20. The molecule has 3 aromatic rings. The number of furan rings is 1. The van der Waals surface area contributed by atoms with Gasteiger partial charge in [-0.05, 0) is 32.5 Å². The number of carbonyl (C=O) groups is 1. The van der Waals surface area contributed by atoms with E-state index in [-0.39, 0.29) is 11.2 Å². The number of H-pyrrole nitrogens is 1. The summed E-state index contributed by atoms with van der Waals surface area (Å²) < 4.78 is 5.44. The fraction of sp³-hybridized carbons (Fsp3) is 0.375. The van der Waals surface area contributed by atoms with E-state index in [2.05, 4.69) is 42.7 Å². The van der Waals surface area contributed by atoms with Crippen LogP contribution >= 0.6 is 11.8 Å². The number of allylic oxidation sites excluding steroid dienone is 1. The zero-order valence-electron chi connectivity index (χ0n) is 20.3. The number of anilines is 3. The van der Waals surface area contributed by atoms with E-state index in [1.165, 1.54) is 0 Å². The molecule has 188 valence electrons. The molecule has 0 saturated carbocycles. The van der Waals surface area contributed by atoms with Gasteiger partial charge in [0.15, 0.2) is 16.7 Å². The third kappa shape index (κ3) is 5.77. The Morgan fingerprint density at radius 1 is 1.25 bits per heavy atom. The smallest absolute Gasteiger partial charge is 0.250 e. The van der Waals surface area contributed by atoms with Crippen molar-refractivity contribution >= 4 is 35.4 Å². The number of aromatic amines is 1. The lowest BCUT2D eigenvalue weighted by Crippen LogP contribution is -2.45. The molecule has 1 aliphatic heterocycles. The second-order valence-electron chi connectivity index (χ2n) is 8.57. The van der Waals surface area contributed by atoms with E-state index in [4.69, 9.17) is 14.4 Å². The van der Waals surface area contributed by atoms with Gasteiger partial charge in [-0.1, -0.05) is 30.0 Å². The molecule has 0 aromatic carbocycles. The zero-order chi connectivity index (χ0) is 24.9. The number of hydrogen-bond donors (Lipinski definition) is 3. The minimum atomic E-state index is -0.0471. The van der Waals surface area contributed by atoms with Crippen LogP contribution in [0.5, 0.6) is 0 Å². The Kier molecular flexibility index (Phi) is 7.33. The van der Waals surface area contributed by atoms with Gasteiger partial charge in [0.1, 0.15) is 5.69 Å². The van der Waals surface area contributed by atoms with E-state index in [1.807, 2.05) is 43.4 Å². The number of likely N-dealkylation sites (N-methyl/N-ethyl adjacent to an activating group) is 2. The first-order valence-corrected chi connectivity index (χ1v) is 12.8. The van der Waals surface area contributed by atoms with Crippen molar-refractivity contribution in [2.75, 3.05) is 50.0 Å². The number of hydrogen-bond acceptors (Lipinski definition) is 10. The van der Waals surface area contributed by atoms with Gasteiger partial charge >= 0.3 is 0 Å². The van der Waals surface area contributed by atoms with E-state index in [0.29, 0.717) is 40.7 Å². The third-order valence-electron chi connectivity index (χ3n) is 5.91. The first kappa shape index (κ1) is 24.1. The summed E-state index contributed by atoms with van der Waals surface area (Å²) in [5.74, 6) is 2.30. The molecule has 11 nitrogen and oxygen atoms in total. The maximum atomic E-state index is 12.1. The van der Waals surface area contributed by atoms with Crippen LogP contribution in [0.1, 0.15) is 13.3 Å². The average molecular weight is 508 g/mol. The molecule has 36 heavy (non-hydrogen) atoms. The van der Waals surface area contributed by atoms with Gasteiger partial charge < -0.3 is 24.9 Å². The molecule has 1 aliphatic carbocycles. The van der Waals surface area contributed by atoms with Crippen LogP contribution in [-0.4, -0.2) is 81.0 Å². The molecule has 0 bridgehead atoms. The Hall–Kier alpha value is -3.64. The molecule has 3 aromatic heterocycles. The summed E-state index contributed by atoms with van der Waals surface area (Å²) >= 11 is 1.55. The molecule has 1 saturated heterocycles. The molecule has 3 N–H and O–H groups in total. The minimum absolute atomic E-state index is 0.0471. The molecular weight excluding hydrogens is 478 g/mol. The fourth-order valence-corrected chi connectivity index (χ4v) is 4.81. The number of thioether (sulfide) groups is 1. The van der Waals surface area contributed by atoms with Crippen LogP contribution in [-0.2, 0) is 4.79 Å². The number of carbonyl (C=O) groups excluding carboxylic acids is 1. The molecule has 5 rings (SSSR count). The van der Waals surface area contributed by atoms with Crippen molar-refractivity contribution in [1.29, 1.82) is 0 Å². The molecule has 0 radical (unpaired) electrons. The van der Waals surface area contributed by atoms with Crippen molar-refractivity contribution in [2.24, 2.45) is 0 Å². The predicted molar refractivity (Wildman–Crippen MR) is 139 cm³/mol. The van der Waals surface area contributed by atoms with Crippen molar-refractivity contribution in [3.05, 3.63) is 48.3 Å². The number of amides is 1. The summed E-state index contributed by atoms with van der Waals surface area (Å²) in [6.45, 7) is 6.10. The maximum Gasteiger partial charge on any atom is 0.250 e. The van der Waals surface area contributed by atoms with Crippen LogP contribution in [0, 0.1) is 0 Å². The van der Waals surface area contributed by atoms with Crippen LogP contribution in [0.3, 0.4) is 0 Å². The van der Waals surface area contributed by atoms with Crippen molar-refractivity contribution in [3.63, 3.8) is 0 Å². The Morgan fingerprint density at radius 3 is 2.83 bits per heavy atom. The van der Waals surface area contributed by atoms with Crippen LogP contribution in [0.25, 0.3) is 11.5 Å². The van der Waals surface area contributed by atoms with Crippen molar-refractivity contribution in [3.8, 4) is 11.5 Å². The number of aromatic nitrogens is 5. The quantitative estimate of drug-likeness (QED) is 0.419. The highest BCUT2D eigenvalue weighted by Crippen LogP contribution is 2.30. The molecule has 12 heteroatoms. The molecule has 2 aliphatic rings. The van der Waals surface area contributed by atoms with E-state index in [0.717, 1.165) is 38.3 Å². The Bertz CT molecular complexity index is 1250. The first-order valence-electron chi connectivity index (χ1n) is 12.0. The highest BCUT2D eigenvalue weighted by atomic mass is 32.2. The average Bonchev–Trinajstić information content (AvgIpc) is 3.57. The second kappa shape index (κ2) is 11.0. The van der Waals surface area contributed by atoms with Crippen LogP contribution in [0.4, 0.5) is 17.7 Å². The lowest BCUT2D eigenvalue weighted by atomic mass is 10.1. The molecule has 1 atom stereocenters. The topological polar surface area (TPSA) is 128 Å². The largest absolute Gasteiger partial charge is 0.463 e. The summed E-state index contributed by atoms with van der Waals surface area (Å²) in [7, 11) is 2.12. The van der Waals surface area contributed by atoms with E-state index in [1.54, 1.807) is 18.0 Å². The maximum absolute atomic E-state index is 12.1. The summed E-state index contributed by atoms with van der Waals surface area (Å²) in [5.41, 5.74) is 1.45. The predicted octanol–water partition coefficient (Wildman–Crippen LogP) is 2.83. The lowest BCUT2D eigenvalue weighted by molar-refractivity contribution is -0.117. The molecule has 1 amide bonds. The normalized spacial score (nSPS) is 18.2. The monoisotopic (exact) mass is 507 g/mol. The minimum Gasteiger partial charge on any atom is -0.463 e. The number of nitrogens with one attached hydrogen (secondary N) is 3. The van der Waals surface area contributed by atoms with Gasteiger partial charge in [-0.3, -0.25) is 9.89 Å². The summed E-state index contributed by atoms with van der Waals surface area (Å²) in [4.78, 5) is 30.7. The van der Waals surface area contributed by atoms with Crippen LogP contribution in [0.2, 0.25) is 0 Å². The van der Waals surface area contributed by atoms with E-state index < -0.39 is 0 Å². The van der Waals surface area contributed by atoms with Crippen molar-refractivity contribution in [1.82, 2.24) is 35.4 Å². The van der Waals surface area contributed by atoms with Crippen LogP contribution in [0.15, 0.2) is 57.8 Å². The Balaban J connectivity index is 1.34. The van der Waals surface area contributed by atoms with Gasteiger partial charge in [-0.15, -0.1) is 0 Å². The first-order chi connectivity index (χ1) is 17.6. The highest BCUT2D eigenvalue weighted by Gasteiger charge is 2.21. The standard InChI is InChI=1S/C24H29N9O2S/c1-3-25-21(34)16-6-8-17(9-7-16)36-24-28-22(27-23(29-24)33-12-10-32(2)11-13-33)26-20-15-18(30-31-20)19-5-4-14-35-19/h4-8,14-15,17H,3,9-13H2,1-2H3,(H,25,34)(H2,26,27,28,29,30,31). The summed E-state index contributed by atoms with van der Waals surface area (Å²) in [5, 5.41) is 14.1. The number of nitrogens with zero attached hydrogens (tertiary/aromatic N) is 6. The second-order valence-corrected chi connectivity index (χ2v) is 9.78.